The number of ether oxygens (including phenoxy) is 1. The summed E-state index contributed by atoms with van der Waals surface area (Å²) >= 11 is 0. The molecule has 0 saturated carbocycles. The first-order valence-electron chi connectivity index (χ1n) is 8.02. The molecular formula is C17H18N4O3. The lowest BCUT2D eigenvalue weighted by atomic mass is 10.2. The van der Waals surface area contributed by atoms with Gasteiger partial charge in [0.25, 0.3) is 5.91 Å². The van der Waals surface area contributed by atoms with Gasteiger partial charge in [-0.05, 0) is 38.0 Å². The maximum Gasteiger partial charge on any atom is 0.270 e. The predicted octanol–water partition coefficient (Wildman–Crippen LogP) is 2.21. The highest BCUT2D eigenvalue weighted by molar-refractivity contribution is 5.92. The topological polar surface area (TPSA) is 81.7 Å². The van der Waals surface area contributed by atoms with Crippen molar-refractivity contribution in [3.63, 3.8) is 0 Å². The van der Waals surface area contributed by atoms with Crippen molar-refractivity contribution in [3.05, 3.63) is 41.9 Å². The van der Waals surface area contributed by atoms with Crippen LogP contribution in [0.4, 0.5) is 0 Å². The van der Waals surface area contributed by atoms with Crippen LogP contribution in [-0.2, 0) is 4.74 Å². The summed E-state index contributed by atoms with van der Waals surface area (Å²) in [4.78, 5) is 16.8. The average Bonchev–Trinajstić information content (AvgIpc) is 3.31. The van der Waals surface area contributed by atoms with Crippen molar-refractivity contribution in [2.24, 2.45) is 0 Å². The molecule has 0 aromatic carbocycles. The minimum Gasteiger partial charge on any atom is -0.463 e. The molecule has 1 aliphatic heterocycles. The summed E-state index contributed by atoms with van der Waals surface area (Å²) in [6, 6.07) is 7.19. The van der Waals surface area contributed by atoms with Gasteiger partial charge in [0.05, 0.1) is 12.4 Å². The van der Waals surface area contributed by atoms with E-state index >= 15 is 0 Å². The number of aryl methyl sites for hydroxylation is 1. The van der Waals surface area contributed by atoms with Crippen LogP contribution in [0.25, 0.3) is 17.1 Å². The van der Waals surface area contributed by atoms with Crippen LogP contribution < -0.4 is 5.32 Å². The molecule has 7 nitrogen and oxygen atoms in total. The number of nitrogens with zero attached hydrogens (tertiary/aromatic N) is 3. The standard InChI is InChI=1S/C17H18N4O3/c1-11-8-14(17(22)18-10-12-4-2-6-23-12)19-16-9-13(20-21(11)16)15-5-3-7-24-15/h3,5,7-9,12H,2,4,6,10H2,1H3,(H,18,22)/t12-/m0/s1. The second-order valence-electron chi connectivity index (χ2n) is 5.90. The third-order valence-corrected chi connectivity index (χ3v) is 4.13. The number of aromatic nitrogens is 3. The number of fused-ring (bicyclic) bond motifs is 1. The molecule has 24 heavy (non-hydrogen) atoms. The van der Waals surface area contributed by atoms with Crippen molar-refractivity contribution in [1.29, 1.82) is 0 Å². The Hall–Kier alpha value is -2.67. The summed E-state index contributed by atoms with van der Waals surface area (Å²) in [5, 5.41) is 7.37. The summed E-state index contributed by atoms with van der Waals surface area (Å²) in [5.74, 6) is 0.473. The van der Waals surface area contributed by atoms with Gasteiger partial charge in [0.2, 0.25) is 0 Å². The van der Waals surface area contributed by atoms with Crippen molar-refractivity contribution in [3.8, 4) is 11.5 Å². The first kappa shape index (κ1) is 14.9. The van der Waals surface area contributed by atoms with E-state index in [0.717, 1.165) is 25.1 Å². The van der Waals surface area contributed by atoms with Crippen LogP contribution in [0.3, 0.4) is 0 Å². The summed E-state index contributed by atoms with van der Waals surface area (Å²) < 4.78 is 12.6. The van der Waals surface area contributed by atoms with Crippen LogP contribution in [0.2, 0.25) is 0 Å². The van der Waals surface area contributed by atoms with E-state index in [1.807, 2.05) is 25.1 Å². The van der Waals surface area contributed by atoms with Gasteiger partial charge < -0.3 is 14.5 Å². The molecule has 0 spiro atoms. The molecule has 1 amide bonds. The van der Waals surface area contributed by atoms with Gasteiger partial charge >= 0.3 is 0 Å². The molecule has 1 saturated heterocycles. The zero-order chi connectivity index (χ0) is 16.5. The zero-order valence-electron chi connectivity index (χ0n) is 13.4. The Kier molecular flexibility index (Phi) is 3.78. The van der Waals surface area contributed by atoms with Crippen LogP contribution in [0.5, 0.6) is 0 Å². The molecule has 0 unspecified atom stereocenters. The summed E-state index contributed by atoms with van der Waals surface area (Å²) in [6.45, 7) is 3.18. The van der Waals surface area contributed by atoms with E-state index in [4.69, 9.17) is 9.15 Å². The Labute approximate surface area is 138 Å². The van der Waals surface area contributed by atoms with Crippen LogP contribution in [0.1, 0.15) is 29.0 Å². The van der Waals surface area contributed by atoms with E-state index in [-0.39, 0.29) is 12.0 Å². The first-order chi connectivity index (χ1) is 11.7. The van der Waals surface area contributed by atoms with Crippen LogP contribution in [0, 0.1) is 6.92 Å². The molecule has 124 valence electrons. The maximum atomic E-state index is 12.4. The van der Waals surface area contributed by atoms with Gasteiger partial charge in [-0.3, -0.25) is 4.79 Å². The highest BCUT2D eigenvalue weighted by atomic mass is 16.5. The first-order valence-corrected chi connectivity index (χ1v) is 8.02. The molecule has 4 rings (SSSR count). The van der Waals surface area contributed by atoms with Crippen molar-refractivity contribution in [2.75, 3.05) is 13.2 Å². The van der Waals surface area contributed by atoms with Gasteiger partial charge in [-0.25, -0.2) is 9.50 Å². The quantitative estimate of drug-likeness (QED) is 0.795. The molecule has 4 heterocycles. The molecule has 3 aromatic rings. The SMILES string of the molecule is Cc1cc(C(=O)NC[C@@H]2CCCO2)nc2cc(-c3ccco3)nn12. The number of carbonyl (C=O) groups is 1. The second-order valence-corrected chi connectivity index (χ2v) is 5.90. The average molecular weight is 326 g/mol. The molecule has 0 bridgehead atoms. The lowest BCUT2D eigenvalue weighted by Crippen LogP contribution is -2.32. The van der Waals surface area contributed by atoms with Crippen LogP contribution in [0.15, 0.2) is 34.9 Å². The Bertz CT molecular complexity index is 863. The number of hydrogen-bond donors (Lipinski definition) is 1. The molecule has 3 aromatic heterocycles. The minimum atomic E-state index is -0.197. The predicted molar refractivity (Wildman–Crippen MR) is 86.7 cm³/mol. The molecule has 1 aliphatic rings. The molecule has 1 fully saturated rings. The molecule has 1 atom stereocenters. The molecule has 0 radical (unpaired) electrons. The normalized spacial score (nSPS) is 17.5. The number of rotatable bonds is 4. The molecular weight excluding hydrogens is 308 g/mol. The van der Waals surface area contributed by atoms with Gasteiger partial charge in [-0.15, -0.1) is 0 Å². The van der Waals surface area contributed by atoms with E-state index in [1.54, 1.807) is 16.8 Å². The Morgan fingerprint density at radius 2 is 2.38 bits per heavy atom. The number of amides is 1. The fraction of sp³-hybridized carbons (Fsp3) is 0.353. The van der Waals surface area contributed by atoms with E-state index in [2.05, 4.69) is 15.4 Å². The van der Waals surface area contributed by atoms with E-state index < -0.39 is 0 Å². The third kappa shape index (κ3) is 2.78. The van der Waals surface area contributed by atoms with Gasteiger partial charge in [-0.1, -0.05) is 0 Å². The zero-order valence-corrected chi connectivity index (χ0v) is 13.4. The summed E-state index contributed by atoms with van der Waals surface area (Å²) in [5.41, 5.74) is 2.51. The fourth-order valence-electron chi connectivity index (χ4n) is 2.89. The third-order valence-electron chi connectivity index (χ3n) is 4.13. The fourth-order valence-corrected chi connectivity index (χ4v) is 2.89. The number of carbonyl (C=O) groups excluding carboxylic acids is 1. The van der Waals surface area contributed by atoms with E-state index in [0.29, 0.717) is 29.3 Å². The summed E-state index contributed by atoms with van der Waals surface area (Å²) in [7, 11) is 0. The minimum absolute atomic E-state index is 0.110. The van der Waals surface area contributed by atoms with E-state index in [1.165, 1.54) is 0 Å². The molecule has 7 heteroatoms. The molecule has 1 N–H and O–H groups in total. The smallest absolute Gasteiger partial charge is 0.270 e. The highest BCUT2D eigenvalue weighted by Gasteiger charge is 2.18. The van der Waals surface area contributed by atoms with Gasteiger partial charge in [0.15, 0.2) is 11.4 Å². The van der Waals surface area contributed by atoms with Crippen LogP contribution in [-0.4, -0.2) is 39.8 Å². The monoisotopic (exact) mass is 326 g/mol. The Morgan fingerprint density at radius 1 is 1.46 bits per heavy atom. The Morgan fingerprint density at radius 3 is 3.12 bits per heavy atom. The van der Waals surface area contributed by atoms with Crippen molar-refractivity contribution >= 4 is 11.6 Å². The van der Waals surface area contributed by atoms with Gasteiger partial charge in [0, 0.05) is 24.9 Å². The Balaban J connectivity index is 1.58. The number of furan rings is 1. The van der Waals surface area contributed by atoms with E-state index in [9.17, 15) is 4.79 Å². The van der Waals surface area contributed by atoms with Gasteiger partial charge in [-0.2, -0.15) is 5.10 Å². The lowest BCUT2D eigenvalue weighted by molar-refractivity contribution is 0.0853. The lowest BCUT2D eigenvalue weighted by Gasteiger charge is -2.10. The second kappa shape index (κ2) is 6.09. The highest BCUT2D eigenvalue weighted by Crippen LogP contribution is 2.20. The molecule has 0 aliphatic carbocycles. The van der Waals surface area contributed by atoms with Gasteiger partial charge in [0.1, 0.15) is 11.4 Å². The largest absolute Gasteiger partial charge is 0.463 e. The van der Waals surface area contributed by atoms with Crippen molar-refractivity contribution in [1.82, 2.24) is 19.9 Å². The van der Waals surface area contributed by atoms with Crippen molar-refractivity contribution < 1.29 is 13.9 Å². The van der Waals surface area contributed by atoms with Crippen molar-refractivity contribution in [2.45, 2.75) is 25.9 Å². The summed E-state index contributed by atoms with van der Waals surface area (Å²) in [6.07, 6.45) is 3.75. The maximum absolute atomic E-state index is 12.4. The number of nitrogens with one attached hydrogen (secondary N) is 1. The van der Waals surface area contributed by atoms with Crippen LogP contribution >= 0.6 is 0 Å². The number of hydrogen-bond acceptors (Lipinski definition) is 5.